The molecule has 0 radical (unpaired) electrons. The second-order valence-electron chi connectivity index (χ2n) is 4.17. The van der Waals surface area contributed by atoms with Gasteiger partial charge in [0.05, 0.1) is 0 Å². The number of rotatable bonds is 6. The van der Waals surface area contributed by atoms with Gasteiger partial charge in [0, 0.05) is 13.1 Å². The van der Waals surface area contributed by atoms with Crippen molar-refractivity contribution in [3.8, 4) is 0 Å². The molecule has 18 heavy (non-hydrogen) atoms. The van der Waals surface area contributed by atoms with E-state index in [2.05, 4.69) is 5.32 Å². The Balaban J connectivity index is 2.41. The van der Waals surface area contributed by atoms with Gasteiger partial charge in [-0.3, -0.25) is 9.59 Å². The van der Waals surface area contributed by atoms with Crippen molar-refractivity contribution in [1.82, 2.24) is 10.2 Å². The Labute approximate surface area is 107 Å². The van der Waals surface area contributed by atoms with Crippen molar-refractivity contribution >= 4 is 17.8 Å². The number of nitrogens with one attached hydrogen (secondary N) is 1. The molecule has 0 aliphatic rings. The Morgan fingerprint density at radius 2 is 1.89 bits per heavy atom. The molecule has 1 rings (SSSR count). The standard InChI is InChI=1S/C14H18N2O2/c1-16(2)11-10-15-14(18)13(17)9-8-12-6-4-3-5-7-12/h3-9H,10-11H2,1-2H3,(H,15,18). The average molecular weight is 246 g/mol. The van der Waals surface area contributed by atoms with Crippen molar-refractivity contribution in [3.63, 3.8) is 0 Å². The summed E-state index contributed by atoms with van der Waals surface area (Å²) in [6.07, 6.45) is 2.92. The van der Waals surface area contributed by atoms with Crippen molar-refractivity contribution in [1.29, 1.82) is 0 Å². The molecule has 1 amide bonds. The first-order valence-electron chi connectivity index (χ1n) is 5.79. The van der Waals surface area contributed by atoms with Crippen LogP contribution in [0, 0.1) is 0 Å². The number of nitrogens with zero attached hydrogens (tertiary/aromatic N) is 1. The summed E-state index contributed by atoms with van der Waals surface area (Å²) < 4.78 is 0. The van der Waals surface area contributed by atoms with Gasteiger partial charge in [0.25, 0.3) is 5.91 Å². The van der Waals surface area contributed by atoms with Crippen LogP contribution in [0.1, 0.15) is 5.56 Å². The lowest BCUT2D eigenvalue weighted by molar-refractivity contribution is -0.135. The minimum Gasteiger partial charge on any atom is -0.348 e. The molecule has 0 heterocycles. The lowest BCUT2D eigenvalue weighted by Crippen LogP contribution is -2.35. The summed E-state index contributed by atoms with van der Waals surface area (Å²) in [5.74, 6) is -1.10. The average Bonchev–Trinajstić information content (AvgIpc) is 2.36. The summed E-state index contributed by atoms with van der Waals surface area (Å²) in [5.41, 5.74) is 0.895. The van der Waals surface area contributed by atoms with Crippen LogP contribution >= 0.6 is 0 Å². The van der Waals surface area contributed by atoms with Gasteiger partial charge in [0.15, 0.2) is 0 Å². The van der Waals surface area contributed by atoms with E-state index in [1.807, 2.05) is 49.3 Å². The number of benzene rings is 1. The van der Waals surface area contributed by atoms with Gasteiger partial charge in [-0.25, -0.2) is 0 Å². The maximum atomic E-state index is 11.5. The minimum absolute atomic E-state index is 0.469. The van der Waals surface area contributed by atoms with Crippen LogP contribution in [-0.2, 0) is 9.59 Å². The molecule has 0 saturated carbocycles. The van der Waals surface area contributed by atoms with Gasteiger partial charge < -0.3 is 10.2 Å². The molecule has 0 aliphatic carbocycles. The van der Waals surface area contributed by atoms with E-state index in [0.29, 0.717) is 13.1 Å². The molecule has 0 atom stereocenters. The van der Waals surface area contributed by atoms with Crippen molar-refractivity contribution in [2.45, 2.75) is 0 Å². The third-order valence-electron chi connectivity index (χ3n) is 2.30. The first-order valence-corrected chi connectivity index (χ1v) is 5.79. The number of likely N-dealkylation sites (N-methyl/N-ethyl adjacent to an activating group) is 1. The first kappa shape index (κ1) is 14.1. The quantitative estimate of drug-likeness (QED) is 0.600. The minimum atomic E-state index is -0.566. The van der Waals surface area contributed by atoms with Crippen molar-refractivity contribution in [3.05, 3.63) is 42.0 Å². The third kappa shape index (κ3) is 5.41. The molecule has 0 unspecified atom stereocenters. The lowest BCUT2D eigenvalue weighted by atomic mass is 10.2. The van der Waals surface area contributed by atoms with Gasteiger partial charge in [-0.15, -0.1) is 0 Å². The SMILES string of the molecule is CN(C)CCNC(=O)C(=O)C=Cc1ccccc1. The van der Waals surface area contributed by atoms with Crippen LogP contribution < -0.4 is 5.32 Å². The van der Waals surface area contributed by atoms with E-state index in [0.717, 1.165) is 5.56 Å². The number of hydrogen-bond donors (Lipinski definition) is 1. The van der Waals surface area contributed by atoms with Crippen LogP contribution in [0.4, 0.5) is 0 Å². The molecule has 4 nitrogen and oxygen atoms in total. The van der Waals surface area contributed by atoms with Crippen LogP contribution in [0.15, 0.2) is 36.4 Å². The lowest BCUT2D eigenvalue weighted by Gasteiger charge is -2.09. The van der Waals surface area contributed by atoms with E-state index in [1.54, 1.807) is 6.08 Å². The van der Waals surface area contributed by atoms with Gasteiger partial charge in [-0.1, -0.05) is 36.4 Å². The van der Waals surface area contributed by atoms with Crippen LogP contribution in [0.3, 0.4) is 0 Å². The molecule has 1 N–H and O–H groups in total. The summed E-state index contributed by atoms with van der Waals surface area (Å²) in [6.45, 7) is 1.18. The smallest absolute Gasteiger partial charge is 0.291 e. The Morgan fingerprint density at radius 3 is 2.50 bits per heavy atom. The zero-order valence-corrected chi connectivity index (χ0v) is 10.7. The van der Waals surface area contributed by atoms with Crippen LogP contribution in [0.2, 0.25) is 0 Å². The Kier molecular flexibility index (Phi) is 5.80. The molecule has 0 aromatic heterocycles. The van der Waals surface area contributed by atoms with E-state index in [9.17, 15) is 9.59 Å². The summed E-state index contributed by atoms with van der Waals surface area (Å²) in [4.78, 5) is 24.8. The molecular weight excluding hydrogens is 228 g/mol. The molecule has 0 saturated heterocycles. The van der Waals surface area contributed by atoms with E-state index in [4.69, 9.17) is 0 Å². The number of carbonyl (C=O) groups is 2. The zero-order valence-electron chi connectivity index (χ0n) is 10.7. The predicted octanol–water partition coefficient (Wildman–Crippen LogP) is 0.947. The molecule has 0 fully saturated rings. The van der Waals surface area contributed by atoms with Crippen LogP contribution in [-0.4, -0.2) is 43.8 Å². The monoisotopic (exact) mass is 246 g/mol. The summed E-state index contributed by atoms with van der Waals surface area (Å²) in [5, 5.41) is 2.57. The van der Waals surface area contributed by atoms with E-state index >= 15 is 0 Å². The molecule has 0 aliphatic heterocycles. The molecular formula is C14H18N2O2. The van der Waals surface area contributed by atoms with Gasteiger partial charge in [0.2, 0.25) is 5.78 Å². The summed E-state index contributed by atoms with van der Waals surface area (Å²) >= 11 is 0. The fourth-order valence-electron chi connectivity index (χ4n) is 1.29. The van der Waals surface area contributed by atoms with Crippen LogP contribution in [0.25, 0.3) is 6.08 Å². The summed E-state index contributed by atoms with van der Waals surface area (Å²) in [6, 6.07) is 9.39. The largest absolute Gasteiger partial charge is 0.348 e. The Morgan fingerprint density at radius 1 is 1.22 bits per heavy atom. The number of hydrogen-bond acceptors (Lipinski definition) is 3. The van der Waals surface area contributed by atoms with Crippen LogP contribution in [0.5, 0.6) is 0 Å². The normalized spacial score (nSPS) is 10.8. The van der Waals surface area contributed by atoms with Crippen molar-refractivity contribution < 1.29 is 9.59 Å². The molecule has 96 valence electrons. The zero-order chi connectivity index (χ0) is 13.4. The number of ketones is 1. The van der Waals surface area contributed by atoms with Gasteiger partial charge in [0.1, 0.15) is 0 Å². The highest BCUT2D eigenvalue weighted by Gasteiger charge is 2.08. The first-order chi connectivity index (χ1) is 8.59. The Bertz CT molecular complexity index is 425. The van der Waals surface area contributed by atoms with Crippen molar-refractivity contribution in [2.24, 2.45) is 0 Å². The molecule has 0 spiro atoms. The number of carbonyl (C=O) groups excluding carboxylic acids is 2. The number of amides is 1. The molecule has 4 heteroatoms. The fourth-order valence-corrected chi connectivity index (χ4v) is 1.29. The summed E-state index contributed by atoms with van der Waals surface area (Å²) in [7, 11) is 3.81. The third-order valence-corrected chi connectivity index (χ3v) is 2.30. The molecule has 1 aromatic rings. The molecule has 0 bridgehead atoms. The fraction of sp³-hybridized carbons (Fsp3) is 0.286. The highest BCUT2D eigenvalue weighted by molar-refractivity contribution is 6.41. The second kappa shape index (κ2) is 7.40. The topological polar surface area (TPSA) is 49.4 Å². The predicted molar refractivity (Wildman–Crippen MR) is 72.0 cm³/mol. The van der Waals surface area contributed by atoms with Gasteiger partial charge in [-0.2, -0.15) is 0 Å². The van der Waals surface area contributed by atoms with E-state index in [-0.39, 0.29) is 0 Å². The maximum Gasteiger partial charge on any atom is 0.291 e. The van der Waals surface area contributed by atoms with E-state index in [1.165, 1.54) is 6.08 Å². The second-order valence-corrected chi connectivity index (χ2v) is 4.17. The van der Waals surface area contributed by atoms with E-state index < -0.39 is 11.7 Å². The highest BCUT2D eigenvalue weighted by atomic mass is 16.2. The highest BCUT2D eigenvalue weighted by Crippen LogP contribution is 2.00. The van der Waals surface area contributed by atoms with Crippen molar-refractivity contribution in [2.75, 3.05) is 27.2 Å². The molecule has 1 aromatic carbocycles. The van der Waals surface area contributed by atoms with Gasteiger partial charge in [-0.05, 0) is 25.7 Å². The van der Waals surface area contributed by atoms with Gasteiger partial charge >= 0.3 is 0 Å². The Hall–Kier alpha value is -1.94. The maximum absolute atomic E-state index is 11.5.